The van der Waals surface area contributed by atoms with Crippen LogP contribution in [0, 0.1) is 5.92 Å². The van der Waals surface area contributed by atoms with Crippen LogP contribution in [0.4, 0.5) is 0 Å². The highest BCUT2D eigenvalue weighted by Crippen LogP contribution is 2.30. The molecule has 104 valence electrons. The van der Waals surface area contributed by atoms with E-state index in [1.807, 2.05) is 12.1 Å². The molecule has 0 spiro atoms. The Hall–Kier alpha value is -1.06. The van der Waals surface area contributed by atoms with Crippen LogP contribution in [0.5, 0.6) is 5.75 Å². The summed E-state index contributed by atoms with van der Waals surface area (Å²) in [6.07, 6.45) is 5.32. The molecule has 2 aliphatic rings. The fourth-order valence-electron chi connectivity index (χ4n) is 3.07. The first kappa shape index (κ1) is 12.9. The summed E-state index contributed by atoms with van der Waals surface area (Å²) >= 11 is 0. The lowest BCUT2D eigenvalue weighted by atomic mass is 9.97. The van der Waals surface area contributed by atoms with Crippen molar-refractivity contribution < 1.29 is 5.11 Å². The van der Waals surface area contributed by atoms with Crippen LogP contribution in [0.3, 0.4) is 0 Å². The third kappa shape index (κ3) is 3.71. The summed E-state index contributed by atoms with van der Waals surface area (Å²) < 4.78 is 0. The van der Waals surface area contributed by atoms with Crippen molar-refractivity contribution in [3.63, 3.8) is 0 Å². The van der Waals surface area contributed by atoms with Gasteiger partial charge in [0, 0.05) is 19.1 Å². The van der Waals surface area contributed by atoms with Crippen LogP contribution in [-0.4, -0.2) is 35.7 Å². The molecule has 2 N–H and O–H groups in total. The van der Waals surface area contributed by atoms with Crippen molar-refractivity contribution in [2.24, 2.45) is 5.92 Å². The fourth-order valence-corrected chi connectivity index (χ4v) is 3.07. The Balaban J connectivity index is 1.60. The van der Waals surface area contributed by atoms with Gasteiger partial charge < -0.3 is 10.4 Å². The molecule has 1 aliphatic carbocycles. The molecule has 0 amide bonds. The van der Waals surface area contributed by atoms with Crippen molar-refractivity contribution in [2.45, 2.75) is 38.3 Å². The molecule has 1 aromatic carbocycles. The minimum absolute atomic E-state index is 0.384. The summed E-state index contributed by atoms with van der Waals surface area (Å²) in [5.41, 5.74) is 1.24. The number of phenols is 1. The third-order valence-electron chi connectivity index (χ3n) is 4.31. The number of hydrogen-bond donors (Lipinski definition) is 2. The smallest absolute Gasteiger partial charge is 0.115 e. The number of piperidine rings is 1. The van der Waals surface area contributed by atoms with E-state index in [1.54, 1.807) is 6.07 Å². The molecule has 1 saturated heterocycles. The Morgan fingerprint density at radius 3 is 2.63 bits per heavy atom. The zero-order valence-corrected chi connectivity index (χ0v) is 11.5. The average molecular weight is 260 g/mol. The number of phenolic OH excluding ortho intramolecular Hbond substituents is 1. The van der Waals surface area contributed by atoms with Gasteiger partial charge in [0.2, 0.25) is 0 Å². The third-order valence-corrected chi connectivity index (χ3v) is 4.31. The number of aromatic hydroxyl groups is 1. The van der Waals surface area contributed by atoms with Gasteiger partial charge in [0.1, 0.15) is 5.75 Å². The maximum atomic E-state index is 9.57. The Morgan fingerprint density at radius 2 is 1.95 bits per heavy atom. The molecule has 3 rings (SSSR count). The number of rotatable bonds is 5. The standard InChI is InChI=1S/C16H24N2O/c19-16-3-1-2-14(10-16)12-18(15-4-5-15)11-13-6-8-17-9-7-13/h1-3,10,13,15,17,19H,4-9,11-12H2. The van der Waals surface area contributed by atoms with Crippen LogP contribution >= 0.6 is 0 Å². The predicted molar refractivity (Wildman–Crippen MR) is 77.1 cm³/mol. The van der Waals surface area contributed by atoms with E-state index in [-0.39, 0.29) is 0 Å². The minimum Gasteiger partial charge on any atom is -0.508 e. The molecule has 19 heavy (non-hydrogen) atoms. The van der Waals surface area contributed by atoms with Crippen LogP contribution in [0.2, 0.25) is 0 Å². The molecule has 0 unspecified atom stereocenters. The molecule has 0 radical (unpaired) electrons. The van der Waals surface area contributed by atoms with Crippen molar-refractivity contribution in [2.75, 3.05) is 19.6 Å². The Kier molecular flexibility index (Phi) is 4.04. The minimum atomic E-state index is 0.384. The zero-order valence-electron chi connectivity index (χ0n) is 11.5. The van der Waals surface area contributed by atoms with Crippen molar-refractivity contribution in [3.8, 4) is 5.75 Å². The van der Waals surface area contributed by atoms with Gasteiger partial charge in [0.15, 0.2) is 0 Å². The molecule has 0 atom stereocenters. The number of nitrogens with zero attached hydrogens (tertiary/aromatic N) is 1. The first-order valence-electron chi connectivity index (χ1n) is 7.54. The molecular formula is C16H24N2O. The first-order chi connectivity index (χ1) is 9.31. The molecule has 3 heteroatoms. The summed E-state index contributed by atoms with van der Waals surface area (Å²) in [5.74, 6) is 1.23. The van der Waals surface area contributed by atoms with Crippen molar-refractivity contribution in [3.05, 3.63) is 29.8 Å². The lowest BCUT2D eigenvalue weighted by Gasteiger charge is -2.30. The first-order valence-corrected chi connectivity index (χ1v) is 7.54. The average Bonchev–Trinajstić information content (AvgIpc) is 3.23. The highest BCUT2D eigenvalue weighted by Gasteiger charge is 2.30. The monoisotopic (exact) mass is 260 g/mol. The van der Waals surface area contributed by atoms with Gasteiger partial charge in [-0.05, 0) is 62.4 Å². The second-order valence-electron chi connectivity index (χ2n) is 6.02. The van der Waals surface area contributed by atoms with Gasteiger partial charge >= 0.3 is 0 Å². The molecule has 1 saturated carbocycles. The fraction of sp³-hybridized carbons (Fsp3) is 0.625. The molecule has 1 aromatic rings. The van der Waals surface area contributed by atoms with E-state index in [9.17, 15) is 5.11 Å². The molecule has 0 bridgehead atoms. The van der Waals surface area contributed by atoms with E-state index in [0.717, 1.165) is 18.5 Å². The largest absolute Gasteiger partial charge is 0.508 e. The predicted octanol–water partition coefficient (Wildman–Crippen LogP) is 2.36. The van der Waals surface area contributed by atoms with Gasteiger partial charge in [-0.15, -0.1) is 0 Å². The Bertz CT molecular complexity index is 411. The Morgan fingerprint density at radius 1 is 1.16 bits per heavy atom. The number of benzene rings is 1. The van der Waals surface area contributed by atoms with Crippen molar-refractivity contribution >= 4 is 0 Å². The van der Waals surface area contributed by atoms with Gasteiger partial charge in [-0.2, -0.15) is 0 Å². The van der Waals surface area contributed by atoms with E-state index in [0.29, 0.717) is 5.75 Å². The van der Waals surface area contributed by atoms with Gasteiger partial charge in [-0.3, -0.25) is 4.90 Å². The van der Waals surface area contributed by atoms with E-state index in [2.05, 4.69) is 16.3 Å². The normalized spacial score (nSPS) is 20.9. The van der Waals surface area contributed by atoms with Gasteiger partial charge in [0.25, 0.3) is 0 Å². The molecule has 2 fully saturated rings. The highest BCUT2D eigenvalue weighted by molar-refractivity contribution is 5.27. The van der Waals surface area contributed by atoms with Crippen LogP contribution in [0.15, 0.2) is 24.3 Å². The van der Waals surface area contributed by atoms with Crippen LogP contribution in [0.1, 0.15) is 31.2 Å². The lowest BCUT2D eigenvalue weighted by molar-refractivity contribution is 0.190. The zero-order chi connectivity index (χ0) is 13.1. The van der Waals surface area contributed by atoms with Crippen LogP contribution in [0.25, 0.3) is 0 Å². The lowest BCUT2D eigenvalue weighted by Crippen LogP contribution is -2.37. The van der Waals surface area contributed by atoms with Gasteiger partial charge in [0.05, 0.1) is 0 Å². The second kappa shape index (κ2) is 5.93. The molecule has 0 aromatic heterocycles. The number of nitrogens with one attached hydrogen (secondary N) is 1. The molecule has 3 nitrogen and oxygen atoms in total. The van der Waals surface area contributed by atoms with E-state index >= 15 is 0 Å². The van der Waals surface area contributed by atoms with Crippen LogP contribution in [-0.2, 0) is 6.54 Å². The van der Waals surface area contributed by atoms with Crippen LogP contribution < -0.4 is 5.32 Å². The summed E-state index contributed by atoms with van der Waals surface area (Å²) in [5, 5.41) is 13.0. The highest BCUT2D eigenvalue weighted by atomic mass is 16.3. The van der Waals surface area contributed by atoms with Gasteiger partial charge in [-0.1, -0.05) is 12.1 Å². The molecule has 1 aliphatic heterocycles. The summed E-state index contributed by atoms with van der Waals surface area (Å²) in [6, 6.07) is 8.50. The maximum absolute atomic E-state index is 9.57. The van der Waals surface area contributed by atoms with Gasteiger partial charge in [-0.25, -0.2) is 0 Å². The van der Waals surface area contributed by atoms with Crippen molar-refractivity contribution in [1.82, 2.24) is 10.2 Å². The van der Waals surface area contributed by atoms with E-state index < -0.39 is 0 Å². The van der Waals surface area contributed by atoms with E-state index in [4.69, 9.17) is 0 Å². The second-order valence-corrected chi connectivity index (χ2v) is 6.02. The molecule has 1 heterocycles. The van der Waals surface area contributed by atoms with E-state index in [1.165, 1.54) is 50.9 Å². The summed E-state index contributed by atoms with van der Waals surface area (Å²) in [7, 11) is 0. The SMILES string of the molecule is Oc1cccc(CN(CC2CCNCC2)C2CC2)c1. The topological polar surface area (TPSA) is 35.5 Å². The Labute approximate surface area is 115 Å². The summed E-state index contributed by atoms with van der Waals surface area (Å²) in [4.78, 5) is 2.63. The molecular weight excluding hydrogens is 236 g/mol. The maximum Gasteiger partial charge on any atom is 0.115 e. The quantitative estimate of drug-likeness (QED) is 0.853. The summed E-state index contributed by atoms with van der Waals surface area (Å²) in [6.45, 7) is 4.57. The van der Waals surface area contributed by atoms with Crippen molar-refractivity contribution in [1.29, 1.82) is 0 Å². The number of hydrogen-bond acceptors (Lipinski definition) is 3.